The highest BCUT2D eigenvalue weighted by Crippen LogP contribution is 2.21. The van der Waals surface area contributed by atoms with Crippen LogP contribution >= 0.6 is 0 Å². The van der Waals surface area contributed by atoms with E-state index in [0.717, 1.165) is 43.6 Å². The first kappa shape index (κ1) is 13.8. The number of anilines is 1. The molecule has 19 heavy (non-hydrogen) atoms. The molecule has 1 aromatic heterocycles. The molecule has 1 aliphatic rings. The van der Waals surface area contributed by atoms with Gasteiger partial charge in [-0.2, -0.15) is 0 Å². The first-order valence-electron chi connectivity index (χ1n) is 7.02. The topological polar surface area (TPSA) is 66.9 Å². The van der Waals surface area contributed by atoms with Gasteiger partial charge in [-0.05, 0) is 32.1 Å². The van der Waals surface area contributed by atoms with Crippen LogP contribution in [-0.4, -0.2) is 28.0 Å². The standard InChI is InChI=1S/C14H22N4O/c1-3-11-8-14(16-9-15-11)18-13-6-4-12(5-7-13)17-10(2)19/h8-9,12-13H,3-7H2,1-2H3,(H,17,19)(H,15,16,18). The van der Waals surface area contributed by atoms with Gasteiger partial charge in [0.1, 0.15) is 12.1 Å². The number of carbonyl (C=O) groups excluding carboxylic acids is 1. The van der Waals surface area contributed by atoms with Crippen LogP contribution in [0.5, 0.6) is 0 Å². The molecule has 0 radical (unpaired) electrons. The molecular weight excluding hydrogens is 240 g/mol. The normalized spacial score (nSPS) is 22.8. The zero-order chi connectivity index (χ0) is 13.7. The average Bonchev–Trinajstić information content (AvgIpc) is 2.41. The van der Waals surface area contributed by atoms with Crippen LogP contribution < -0.4 is 10.6 Å². The fraction of sp³-hybridized carbons (Fsp3) is 0.643. The summed E-state index contributed by atoms with van der Waals surface area (Å²) >= 11 is 0. The molecule has 0 bridgehead atoms. The molecule has 0 aromatic carbocycles. The molecule has 0 aliphatic heterocycles. The molecule has 1 aromatic rings. The summed E-state index contributed by atoms with van der Waals surface area (Å²) in [7, 11) is 0. The van der Waals surface area contributed by atoms with Crippen molar-refractivity contribution in [3.8, 4) is 0 Å². The van der Waals surface area contributed by atoms with Crippen LogP contribution in [0, 0.1) is 0 Å². The van der Waals surface area contributed by atoms with Crippen molar-refractivity contribution in [2.75, 3.05) is 5.32 Å². The lowest BCUT2D eigenvalue weighted by Gasteiger charge is -2.29. The van der Waals surface area contributed by atoms with Gasteiger partial charge in [-0.1, -0.05) is 6.92 Å². The van der Waals surface area contributed by atoms with Crippen LogP contribution in [-0.2, 0) is 11.2 Å². The van der Waals surface area contributed by atoms with Gasteiger partial charge in [0, 0.05) is 30.8 Å². The highest BCUT2D eigenvalue weighted by atomic mass is 16.1. The summed E-state index contributed by atoms with van der Waals surface area (Å²) < 4.78 is 0. The van der Waals surface area contributed by atoms with E-state index in [4.69, 9.17) is 0 Å². The first-order chi connectivity index (χ1) is 9.17. The maximum absolute atomic E-state index is 11.0. The van der Waals surface area contributed by atoms with E-state index in [-0.39, 0.29) is 5.91 Å². The van der Waals surface area contributed by atoms with Gasteiger partial charge in [0.15, 0.2) is 0 Å². The highest BCUT2D eigenvalue weighted by Gasteiger charge is 2.21. The number of nitrogens with zero attached hydrogens (tertiary/aromatic N) is 2. The summed E-state index contributed by atoms with van der Waals surface area (Å²) in [6.45, 7) is 3.67. The zero-order valence-electron chi connectivity index (χ0n) is 11.6. The summed E-state index contributed by atoms with van der Waals surface area (Å²) in [5, 5.41) is 6.46. The van der Waals surface area contributed by atoms with Gasteiger partial charge in [0.2, 0.25) is 5.91 Å². The Morgan fingerprint density at radius 2 is 1.95 bits per heavy atom. The van der Waals surface area contributed by atoms with Gasteiger partial charge in [-0.3, -0.25) is 4.79 Å². The lowest BCUT2D eigenvalue weighted by atomic mass is 9.91. The van der Waals surface area contributed by atoms with Crippen LogP contribution in [0.1, 0.15) is 45.2 Å². The van der Waals surface area contributed by atoms with Gasteiger partial charge in [0.05, 0.1) is 0 Å². The molecule has 104 valence electrons. The van der Waals surface area contributed by atoms with Gasteiger partial charge in [0.25, 0.3) is 0 Å². The molecule has 0 atom stereocenters. The van der Waals surface area contributed by atoms with Crippen molar-refractivity contribution in [1.29, 1.82) is 0 Å². The Labute approximate surface area is 114 Å². The molecule has 5 nitrogen and oxygen atoms in total. The molecule has 0 saturated heterocycles. The quantitative estimate of drug-likeness (QED) is 0.869. The average molecular weight is 262 g/mol. The van der Waals surface area contributed by atoms with E-state index in [1.54, 1.807) is 13.3 Å². The van der Waals surface area contributed by atoms with Crippen LogP contribution in [0.2, 0.25) is 0 Å². The Balaban J connectivity index is 1.83. The van der Waals surface area contributed by atoms with Gasteiger partial charge in [-0.15, -0.1) is 0 Å². The van der Waals surface area contributed by atoms with Crippen molar-refractivity contribution < 1.29 is 4.79 Å². The van der Waals surface area contributed by atoms with E-state index in [1.165, 1.54) is 0 Å². The van der Waals surface area contributed by atoms with Crippen molar-refractivity contribution >= 4 is 11.7 Å². The molecule has 5 heteroatoms. The second-order valence-electron chi connectivity index (χ2n) is 5.14. The monoisotopic (exact) mass is 262 g/mol. The Bertz CT molecular complexity index is 427. The summed E-state index contributed by atoms with van der Waals surface area (Å²) in [5.41, 5.74) is 1.06. The van der Waals surface area contributed by atoms with Crippen LogP contribution in [0.15, 0.2) is 12.4 Å². The molecule has 1 amide bonds. The van der Waals surface area contributed by atoms with Crippen LogP contribution in [0.25, 0.3) is 0 Å². The Kier molecular flexibility index (Phi) is 4.71. The lowest BCUT2D eigenvalue weighted by molar-refractivity contribution is -0.119. The third-order valence-corrected chi connectivity index (χ3v) is 3.57. The number of amides is 1. The van der Waals surface area contributed by atoms with Gasteiger partial charge in [-0.25, -0.2) is 9.97 Å². The second-order valence-corrected chi connectivity index (χ2v) is 5.14. The van der Waals surface area contributed by atoms with E-state index < -0.39 is 0 Å². The third-order valence-electron chi connectivity index (χ3n) is 3.57. The molecule has 2 rings (SSSR count). The van der Waals surface area contributed by atoms with E-state index in [2.05, 4.69) is 27.5 Å². The maximum atomic E-state index is 11.0. The van der Waals surface area contributed by atoms with Crippen molar-refractivity contribution in [3.63, 3.8) is 0 Å². The Morgan fingerprint density at radius 3 is 2.58 bits per heavy atom. The Hall–Kier alpha value is -1.65. The molecule has 1 fully saturated rings. The first-order valence-corrected chi connectivity index (χ1v) is 7.02. The van der Waals surface area contributed by atoms with E-state index in [9.17, 15) is 4.79 Å². The minimum atomic E-state index is 0.0693. The summed E-state index contributed by atoms with van der Waals surface area (Å²) in [5.74, 6) is 0.981. The van der Waals surface area contributed by atoms with Crippen LogP contribution in [0.4, 0.5) is 5.82 Å². The number of hydrogen-bond donors (Lipinski definition) is 2. The molecule has 2 N–H and O–H groups in total. The van der Waals surface area contributed by atoms with Gasteiger partial charge < -0.3 is 10.6 Å². The molecule has 1 saturated carbocycles. The van der Waals surface area contributed by atoms with Gasteiger partial charge >= 0.3 is 0 Å². The van der Waals surface area contributed by atoms with E-state index >= 15 is 0 Å². The van der Waals surface area contributed by atoms with Crippen LogP contribution in [0.3, 0.4) is 0 Å². The van der Waals surface area contributed by atoms with E-state index in [0.29, 0.717) is 12.1 Å². The lowest BCUT2D eigenvalue weighted by Crippen LogP contribution is -2.39. The maximum Gasteiger partial charge on any atom is 0.217 e. The smallest absolute Gasteiger partial charge is 0.217 e. The minimum absolute atomic E-state index is 0.0693. The number of aryl methyl sites for hydroxylation is 1. The summed E-state index contributed by atoms with van der Waals surface area (Å²) in [4.78, 5) is 19.5. The molecule has 0 spiro atoms. The fourth-order valence-electron chi connectivity index (χ4n) is 2.55. The largest absolute Gasteiger partial charge is 0.367 e. The number of carbonyl (C=O) groups is 1. The number of hydrogen-bond acceptors (Lipinski definition) is 4. The third kappa shape index (κ3) is 4.19. The van der Waals surface area contributed by atoms with Crippen molar-refractivity contribution in [2.45, 2.75) is 58.0 Å². The number of aromatic nitrogens is 2. The fourth-order valence-corrected chi connectivity index (χ4v) is 2.55. The molecule has 1 heterocycles. The van der Waals surface area contributed by atoms with Crippen molar-refractivity contribution in [2.24, 2.45) is 0 Å². The SMILES string of the molecule is CCc1cc(NC2CCC(NC(C)=O)CC2)ncn1. The van der Waals surface area contributed by atoms with E-state index in [1.807, 2.05) is 6.07 Å². The zero-order valence-corrected chi connectivity index (χ0v) is 11.6. The molecule has 0 unspecified atom stereocenters. The summed E-state index contributed by atoms with van der Waals surface area (Å²) in [6.07, 6.45) is 6.73. The molecule has 1 aliphatic carbocycles. The Morgan fingerprint density at radius 1 is 1.26 bits per heavy atom. The number of nitrogens with one attached hydrogen (secondary N) is 2. The predicted molar refractivity (Wildman–Crippen MR) is 74.9 cm³/mol. The summed E-state index contributed by atoms with van der Waals surface area (Å²) in [6, 6.07) is 2.80. The minimum Gasteiger partial charge on any atom is -0.367 e. The van der Waals surface area contributed by atoms with Crippen molar-refractivity contribution in [1.82, 2.24) is 15.3 Å². The van der Waals surface area contributed by atoms with Crippen molar-refractivity contribution in [3.05, 3.63) is 18.1 Å². The highest BCUT2D eigenvalue weighted by molar-refractivity contribution is 5.73. The molecular formula is C14H22N4O. The predicted octanol–water partition coefficient (Wildman–Crippen LogP) is 1.90. The second kappa shape index (κ2) is 6.50. The number of rotatable bonds is 4.